The molecule has 0 saturated heterocycles. The smallest absolute Gasteiger partial charge is 0.257 e. The average molecular weight is 300 g/mol. The van der Waals surface area contributed by atoms with Crippen molar-refractivity contribution in [3.05, 3.63) is 47.9 Å². The van der Waals surface area contributed by atoms with E-state index < -0.39 is 5.82 Å². The van der Waals surface area contributed by atoms with Crippen LogP contribution in [-0.2, 0) is 0 Å². The normalized spacial score (nSPS) is 13.7. The van der Waals surface area contributed by atoms with Crippen LogP contribution in [0.3, 0.4) is 0 Å². The molecule has 1 aliphatic carbocycles. The number of benzene rings is 1. The van der Waals surface area contributed by atoms with Crippen molar-refractivity contribution in [2.45, 2.75) is 12.8 Å². The molecule has 1 amide bonds. The molecule has 3 rings (SSSR count). The number of nitrogen functional groups attached to an aromatic ring is 1. The van der Waals surface area contributed by atoms with E-state index in [0.29, 0.717) is 11.3 Å². The quantitative estimate of drug-likeness (QED) is 0.742. The minimum Gasteiger partial charge on any atom is -0.397 e. The third kappa shape index (κ3) is 3.52. The van der Waals surface area contributed by atoms with Gasteiger partial charge in [0.1, 0.15) is 11.6 Å². The maximum absolute atomic E-state index is 13.2. The van der Waals surface area contributed by atoms with Gasteiger partial charge in [-0.05, 0) is 49.1 Å². The monoisotopic (exact) mass is 300 g/mol. The molecule has 5 nitrogen and oxygen atoms in total. The molecule has 1 aromatic carbocycles. The SMILES string of the molecule is Nc1ccc(F)cc1NC(=O)c1ccc(NCC2CC2)nc1. The van der Waals surface area contributed by atoms with Gasteiger partial charge in [0, 0.05) is 12.7 Å². The van der Waals surface area contributed by atoms with Crippen LogP contribution in [0, 0.1) is 11.7 Å². The Morgan fingerprint density at radius 3 is 2.82 bits per heavy atom. The van der Waals surface area contributed by atoms with Gasteiger partial charge in [0.05, 0.1) is 16.9 Å². The summed E-state index contributed by atoms with van der Waals surface area (Å²) in [5.41, 5.74) is 6.66. The van der Waals surface area contributed by atoms with Crippen molar-refractivity contribution in [2.24, 2.45) is 5.92 Å². The lowest BCUT2D eigenvalue weighted by Gasteiger charge is -2.09. The molecule has 0 bridgehead atoms. The Morgan fingerprint density at radius 2 is 2.14 bits per heavy atom. The first kappa shape index (κ1) is 14.3. The van der Waals surface area contributed by atoms with E-state index in [1.165, 1.54) is 37.2 Å². The van der Waals surface area contributed by atoms with Gasteiger partial charge in [-0.3, -0.25) is 4.79 Å². The highest BCUT2D eigenvalue weighted by Crippen LogP contribution is 2.28. The highest BCUT2D eigenvalue weighted by Gasteiger charge is 2.20. The molecule has 1 saturated carbocycles. The number of anilines is 3. The van der Waals surface area contributed by atoms with Gasteiger partial charge in [-0.1, -0.05) is 0 Å². The Labute approximate surface area is 127 Å². The summed E-state index contributed by atoms with van der Waals surface area (Å²) in [6.07, 6.45) is 4.02. The van der Waals surface area contributed by atoms with Gasteiger partial charge in [-0.2, -0.15) is 0 Å². The van der Waals surface area contributed by atoms with E-state index in [9.17, 15) is 9.18 Å². The van der Waals surface area contributed by atoms with Gasteiger partial charge in [-0.15, -0.1) is 0 Å². The van der Waals surface area contributed by atoms with E-state index in [0.717, 1.165) is 18.3 Å². The Hall–Kier alpha value is -2.63. The minimum atomic E-state index is -0.456. The highest BCUT2D eigenvalue weighted by molar-refractivity contribution is 6.05. The number of rotatable bonds is 5. The summed E-state index contributed by atoms with van der Waals surface area (Å²) >= 11 is 0. The molecular weight excluding hydrogens is 283 g/mol. The zero-order valence-corrected chi connectivity index (χ0v) is 12.0. The van der Waals surface area contributed by atoms with Crippen molar-refractivity contribution >= 4 is 23.1 Å². The van der Waals surface area contributed by atoms with Gasteiger partial charge < -0.3 is 16.4 Å². The zero-order chi connectivity index (χ0) is 15.5. The molecule has 2 aromatic rings. The van der Waals surface area contributed by atoms with E-state index in [2.05, 4.69) is 15.6 Å². The van der Waals surface area contributed by atoms with E-state index in [1.54, 1.807) is 12.1 Å². The first-order chi connectivity index (χ1) is 10.6. The number of carbonyl (C=O) groups is 1. The summed E-state index contributed by atoms with van der Waals surface area (Å²) in [4.78, 5) is 16.3. The summed E-state index contributed by atoms with van der Waals surface area (Å²) in [6.45, 7) is 0.915. The van der Waals surface area contributed by atoms with Gasteiger partial charge in [-0.25, -0.2) is 9.37 Å². The van der Waals surface area contributed by atoms with Crippen LogP contribution in [0.4, 0.5) is 21.6 Å². The lowest BCUT2D eigenvalue weighted by molar-refractivity contribution is 0.102. The fraction of sp³-hybridized carbons (Fsp3) is 0.250. The van der Waals surface area contributed by atoms with Gasteiger partial charge in [0.2, 0.25) is 0 Å². The van der Waals surface area contributed by atoms with E-state index >= 15 is 0 Å². The molecule has 0 radical (unpaired) electrons. The maximum Gasteiger partial charge on any atom is 0.257 e. The van der Waals surface area contributed by atoms with Crippen LogP contribution in [-0.4, -0.2) is 17.4 Å². The Bertz CT molecular complexity index is 683. The van der Waals surface area contributed by atoms with Crippen LogP contribution in [0.25, 0.3) is 0 Å². The molecule has 1 aliphatic rings. The second-order valence-electron chi connectivity index (χ2n) is 5.44. The first-order valence-corrected chi connectivity index (χ1v) is 7.18. The number of nitrogens with one attached hydrogen (secondary N) is 2. The first-order valence-electron chi connectivity index (χ1n) is 7.18. The summed E-state index contributed by atoms with van der Waals surface area (Å²) in [7, 11) is 0. The second kappa shape index (κ2) is 6.01. The summed E-state index contributed by atoms with van der Waals surface area (Å²) in [5.74, 6) is 0.662. The summed E-state index contributed by atoms with van der Waals surface area (Å²) < 4.78 is 13.2. The Kier molecular flexibility index (Phi) is 3.91. The molecule has 114 valence electrons. The molecule has 0 aliphatic heterocycles. The van der Waals surface area contributed by atoms with Gasteiger partial charge >= 0.3 is 0 Å². The van der Waals surface area contributed by atoms with E-state index in [1.807, 2.05) is 0 Å². The number of amides is 1. The van der Waals surface area contributed by atoms with Crippen LogP contribution in [0.1, 0.15) is 23.2 Å². The largest absolute Gasteiger partial charge is 0.397 e. The Morgan fingerprint density at radius 1 is 1.32 bits per heavy atom. The van der Waals surface area contributed by atoms with Crippen molar-refractivity contribution in [3.8, 4) is 0 Å². The lowest BCUT2D eigenvalue weighted by atomic mass is 10.2. The van der Waals surface area contributed by atoms with Crippen molar-refractivity contribution < 1.29 is 9.18 Å². The lowest BCUT2D eigenvalue weighted by Crippen LogP contribution is -2.14. The third-order valence-corrected chi connectivity index (χ3v) is 3.56. The van der Waals surface area contributed by atoms with Crippen molar-refractivity contribution in [1.82, 2.24) is 4.98 Å². The number of nitrogens with zero attached hydrogens (tertiary/aromatic N) is 1. The van der Waals surface area contributed by atoms with Crippen LogP contribution < -0.4 is 16.4 Å². The van der Waals surface area contributed by atoms with E-state index in [-0.39, 0.29) is 11.6 Å². The number of nitrogens with two attached hydrogens (primary N) is 1. The molecule has 0 spiro atoms. The molecule has 1 heterocycles. The molecule has 6 heteroatoms. The van der Waals surface area contributed by atoms with Crippen molar-refractivity contribution in [1.29, 1.82) is 0 Å². The standard InChI is InChI=1S/C16H17FN4O/c17-12-4-5-13(18)14(7-12)21-16(22)11-3-6-15(20-9-11)19-8-10-1-2-10/h3-7,9-10H,1-2,8,18H2,(H,19,20)(H,21,22). The minimum absolute atomic E-state index is 0.251. The predicted molar refractivity (Wildman–Crippen MR) is 84.2 cm³/mol. The van der Waals surface area contributed by atoms with Crippen molar-refractivity contribution in [3.63, 3.8) is 0 Å². The Balaban J connectivity index is 1.64. The number of hydrogen-bond donors (Lipinski definition) is 3. The number of hydrogen-bond acceptors (Lipinski definition) is 4. The second-order valence-corrected chi connectivity index (χ2v) is 5.44. The van der Waals surface area contributed by atoms with Crippen LogP contribution in [0.5, 0.6) is 0 Å². The van der Waals surface area contributed by atoms with Gasteiger partial charge in [0.15, 0.2) is 0 Å². The molecule has 0 atom stereocenters. The summed E-state index contributed by atoms with van der Waals surface area (Å²) in [6, 6.07) is 7.27. The molecule has 0 unspecified atom stereocenters. The predicted octanol–water partition coefficient (Wildman–Crippen LogP) is 2.88. The van der Waals surface area contributed by atoms with Crippen LogP contribution in [0.2, 0.25) is 0 Å². The molecule has 4 N–H and O–H groups in total. The fourth-order valence-electron chi connectivity index (χ4n) is 2.03. The number of aromatic nitrogens is 1. The van der Waals surface area contributed by atoms with E-state index in [4.69, 9.17) is 5.73 Å². The third-order valence-electron chi connectivity index (χ3n) is 3.56. The highest BCUT2D eigenvalue weighted by atomic mass is 19.1. The maximum atomic E-state index is 13.2. The fourth-order valence-corrected chi connectivity index (χ4v) is 2.03. The summed E-state index contributed by atoms with van der Waals surface area (Å²) in [5, 5.41) is 5.81. The number of carbonyl (C=O) groups excluding carboxylic acids is 1. The number of pyridine rings is 1. The zero-order valence-electron chi connectivity index (χ0n) is 12.0. The topological polar surface area (TPSA) is 80.0 Å². The van der Waals surface area contributed by atoms with Crippen molar-refractivity contribution in [2.75, 3.05) is 22.9 Å². The molecule has 1 fully saturated rings. The average Bonchev–Trinajstić information content (AvgIpc) is 3.33. The van der Waals surface area contributed by atoms with Crippen LogP contribution >= 0.6 is 0 Å². The number of halogens is 1. The van der Waals surface area contributed by atoms with Gasteiger partial charge in [0.25, 0.3) is 5.91 Å². The molecule has 1 aromatic heterocycles. The van der Waals surface area contributed by atoms with Crippen LogP contribution in [0.15, 0.2) is 36.5 Å². The molecule has 22 heavy (non-hydrogen) atoms. The molecular formula is C16H17FN4O.